The van der Waals surface area contributed by atoms with Crippen molar-refractivity contribution < 1.29 is 28.6 Å². The van der Waals surface area contributed by atoms with Crippen LogP contribution in [0.25, 0.3) is 16.0 Å². The van der Waals surface area contributed by atoms with E-state index in [1.807, 2.05) is 0 Å². The van der Waals surface area contributed by atoms with E-state index >= 15 is 0 Å². The highest BCUT2D eigenvalue weighted by molar-refractivity contribution is 7.22. The largest absolute Gasteiger partial charge is 0.507 e. The van der Waals surface area contributed by atoms with Crippen LogP contribution in [0, 0.1) is 12.7 Å². The molecule has 1 N–H and O–H groups in total. The molecule has 0 spiro atoms. The number of benzene rings is 3. The van der Waals surface area contributed by atoms with Gasteiger partial charge in [-0.25, -0.2) is 9.37 Å². The number of carbonyl (C=O) groups excluding carboxylic acids is 2. The first-order chi connectivity index (χ1) is 17.3. The zero-order valence-electron chi connectivity index (χ0n) is 19.6. The highest BCUT2D eigenvalue weighted by Gasteiger charge is 2.48. The molecule has 36 heavy (non-hydrogen) atoms. The fourth-order valence-electron chi connectivity index (χ4n) is 4.29. The van der Waals surface area contributed by atoms with E-state index in [0.717, 1.165) is 10.3 Å². The molecule has 0 bridgehead atoms. The maximum absolute atomic E-state index is 13.8. The molecular formula is C27H21FN2O5S. The van der Waals surface area contributed by atoms with Gasteiger partial charge >= 0.3 is 5.91 Å². The summed E-state index contributed by atoms with van der Waals surface area (Å²) >= 11 is 1.22. The molecule has 5 rings (SSSR count). The molecule has 1 unspecified atom stereocenters. The highest BCUT2D eigenvalue weighted by Crippen LogP contribution is 2.44. The number of ether oxygens (including phenoxy) is 2. The SMILES string of the molecule is COc1ccc2nc(N3C(=O)C(=O)C(=C(O)c4ccc(OC)c(C)c4)C3c3ccc(F)cc3)sc2c1. The van der Waals surface area contributed by atoms with Crippen LogP contribution in [-0.4, -0.2) is 36.0 Å². The second-order valence-corrected chi connectivity index (χ2v) is 9.24. The van der Waals surface area contributed by atoms with Crippen LogP contribution >= 0.6 is 11.3 Å². The first-order valence-corrected chi connectivity index (χ1v) is 11.8. The number of hydrogen-bond donors (Lipinski definition) is 1. The number of Topliss-reactive ketones (excluding diaryl/α,β-unsaturated/α-hetero) is 1. The number of thiazole rings is 1. The predicted octanol–water partition coefficient (Wildman–Crippen LogP) is 5.39. The van der Waals surface area contributed by atoms with E-state index in [9.17, 15) is 19.1 Å². The molecule has 2 heterocycles. The Morgan fingerprint density at radius 2 is 1.78 bits per heavy atom. The van der Waals surface area contributed by atoms with Gasteiger partial charge in [-0.05, 0) is 66.6 Å². The Hall–Kier alpha value is -4.24. The lowest BCUT2D eigenvalue weighted by molar-refractivity contribution is -0.132. The number of amides is 1. The molecule has 1 aliphatic heterocycles. The number of carbonyl (C=O) groups is 2. The van der Waals surface area contributed by atoms with Crippen molar-refractivity contribution in [1.82, 2.24) is 4.98 Å². The molecule has 7 nitrogen and oxygen atoms in total. The van der Waals surface area contributed by atoms with E-state index in [-0.39, 0.29) is 16.5 Å². The lowest BCUT2D eigenvalue weighted by Gasteiger charge is -2.23. The third kappa shape index (κ3) is 3.87. The van der Waals surface area contributed by atoms with Gasteiger partial charge in [0.1, 0.15) is 23.1 Å². The Balaban J connectivity index is 1.71. The summed E-state index contributed by atoms with van der Waals surface area (Å²) in [6, 6.07) is 14.7. The second kappa shape index (κ2) is 9.09. The van der Waals surface area contributed by atoms with Gasteiger partial charge in [0, 0.05) is 5.56 Å². The molecular weight excluding hydrogens is 483 g/mol. The number of aliphatic hydroxyl groups is 1. The van der Waals surface area contributed by atoms with Gasteiger partial charge in [0.25, 0.3) is 5.78 Å². The quantitative estimate of drug-likeness (QED) is 0.223. The van der Waals surface area contributed by atoms with Gasteiger partial charge in [-0.1, -0.05) is 23.5 Å². The Kier molecular flexibility index (Phi) is 5.93. The van der Waals surface area contributed by atoms with Gasteiger partial charge in [-0.3, -0.25) is 14.5 Å². The molecule has 0 aliphatic carbocycles. The van der Waals surface area contributed by atoms with Crippen LogP contribution in [-0.2, 0) is 9.59 Å². The van der Waals surface area contributed by atoms with Crippen LogP contribution in [0.15, 0.2) is 66.2 Å². The molecule has 1 aromatic heterocycles. The van der Waals surface area contributed by atoms with E-state index in [1.165, 1.54) is 47.6 Å². The van der Waals surface area contributed by atoms with Gasteiger partial charge < -0.3 is 14.6 Å². The molecule has 1 atom stereocenters. The number of hydrogen-bond acceptors (Lipinski definition) is 7. The van der Waals surface area contributed by atoms with Gasteiger partial charge in [0.2, 0.25) is 0 Å². The summed E-state index contributed by atoms with van der Waals surface area (Å²) in [4.78, 5) is 32.5. The average Bonchev–Trinajstić information content (AvgIpc) is 3.41. The zero-order chi connectivity index (χ0) is 25.6. The minimum absolute atomic E-state index is 0.104. The van der Waals surface area contributed by atoms with Crippen LogP contribution in [0.5, 0.6) is 11.5 Å². The molecule has 4 aromatic rings. The maximum atomic E-state index is 13.8. The lowest BCUT2D eigenvalue weighted by atomic mass is 9.95. The van der Waals surface area contributed by atoms with Crippen molar-refractivity contribution in [3.05, 3.63) is 88.7 Å². The first-order valence-electron chi connectivity index (χ1n) is 11.0. The number of nitrogens with zero attached hydrogens (tertiary/aromatic N) is 2. The van der Waals surface area contributed by atoms with Crippen molar-refractivity contribution in [2.24, 2.45) is 0 Å². The van der Waals surface area contributed by atoms with Gasteiger partial charge in [0.15, 0.2) is 5.13 Å². The summed E-state index contributed by atoms with van der Waals surface area (Å²) in [5.74, 6) is -1.24. The summed E-state index contributed by atoms with van der Waals surface area (Å²) < 4.78 is 25.1. The Labute approximate surface area is 210 Å². The fraction of sp³-hybridized carbons (Fsp3) is 0.148. The maximum Gasteiger partial charge on any atom is 0.301 e. The summed E-state index contributed by atoms with van der Waals surface area (Å²) in [7, 11) is 3.09. The normalized spacial score (nSPS) is 17.1. The van der Waals surface area contributed by atoms with Gasteiger partial charge in [0.05, 0.1) is 36.1 Å². The smallest absolute Gasteiger partial charge is 0.301 e. The molecule has 1 fully saturated rings. The molecule has 182 valence electrons. The van der Waals surface area contributed by atoms with Crippen LogP contribution in [0.1, 0.15) is 22.7 Å². The van der Waals surface area contributed by atoms with Crippen molar-refractivity contribution in [3.63, 3.8) is 0 Å². The molecule has 1 aliphatic rings. The number of fused-ring (bicyclic) bond motifs is 1. The Morgan fingerprint density at radius 1 is 1.03 bits per heavy atom. The molecule has 9 heteroatoms. The number of rotatable bonds is 5. The topological polar surface area (TPSA) is 89.0 Å². The monoisotopic (exact) mass is 504 g/mol. The van der Waals surface area contributed by atoms with Gasteiger partial charge in [-0.2, -0.15) is 0 Å². The number of aliphatic hydroxyl groups excluding tert-OH is 1. The van der Waals surface area contributed by atoms with E-state index in [4.69, 9.17) is 9.47 Å². The minimum atomic E-state index is -1.00. The number of halogens is 1. The number of aryl methyl sites for hydroxylation is 1. The molecule has 1 saturated heterocycles. The Morgan fingerprint density at radius 3 is 2.44 bits per heavy atom. The van der Waals surface area contributed by atoms with Crippen LogP contribution in [0.4, 0.5) is 9.52 Å². The third-order valence-electron chi connectivity index (χ3n) is 6.09. The standard InChI is InChI=1S/C27H21FN2O5S/c1-14-12-16(6-11-20(14)35-3)24(31)22-23(15-4-7-17(28)8-5-15)30(26(33)25(22)32)27-29-19-10-9-18(34-2)13-21(19)36-27/h4-13,23,31H,1-3H3. The minimum Gasteiger partial charge on any atom is -0.507 e. The average molecular weight is 505 g/mol. The van der Waals surface area contributed by atoms with Crippen LogP contribution < -0.4 is 14.4 Å². The fourth-order valence-corrected chi connectivity index (χ4v) is 5.32. The number of ketones is 1. The zero-order valence-corrected chi connectivity index (χ0v) is 20.4. The first kappa shape index (κ1) is 23.5. The Bertz CT molecular complexity index is 1540. The van der Waals surface area contributed by atoms with Crippen molar-refractivity contribution >= 4 is 44.1 Å². The van der Waals surface area contributed by atoms with Crippen molar-refractivity contribution in [3.8, 4) is 11.5 Å². The second-order valence-electron chi connectivity index (χ2n) is 8.24. The van der Waals surface area contributed by atoms with E-state index in [1.54, 1.807) is 50.4 Å². The van der Waals surface area contributed by atoms with E-state index in [0.29, 0.717) is 28.1 Å². The van der Waals surface area contributed by atoms with Crippen LogP contribution in [0.3, 0.4) is 0 Å². The van der Waals surface area contributed by atoms with Crippen molar-refractivity contribution in [1.29, 1.82) is 0 Å². The summed E-state index contributed by atoms with van der Waals surface area (Å²) in [6.07, 6.45) is 0. The van der Waals surface area contributed by atoms with Gasteiger partial charge in [-0.15, -0.1) is 0 Å². The molecule has 3 aromatic carbocycles. The summed E-state index contributed by atoms with van der Waals surface area (Å²) in [5.41, 5.74) is 2.08. The van der Waals surface area contributed by atoms with Crippen molar-refractivity contribution in [2.45, 2.75) is 13.0 Å². The summed E-state index contributed by atoms with van der Waals surface area (Å²) in [5, 5.41) is 11.6. The number of methoxy groups -OCH3 is 2. The third-order valence-corrected chi connectivity index (χ3v) is 7.11. The van der Waals surface area contributed by atoms with Crippen molar-refractivity contribution in [2.75, 3.05) is 19.1 Å². The van der Waals surface area contributed by atoms with Crippen LogP contribution in [0.2, 0.25) is 0 Å². The highest BCUT2D eigenvalue weighted by atomic mass is 32.1. The number of anilines is 1. The molecule has 0 radical (unpaired) electrons. The molecule has 0 saturated carbocycles. The van der Waals surface area contributed by atoms with E-state index in [2.05, 4.69) is 4.98 Å². The lowest BCUT2D eigenvalue weighted by Crippen LogP contribution is -2.29. The predicted molar refractivity (Wildman–Crippen MR) is 135 cm³/mol. The number of aromatic nitrogens is 1. The van der Waals surface area contributed by atoms with E-state index < -0.39 is 23.5 Å². The summed E-state index contributed by atoms with van der Waals surface area (Å²) in [6.45, 7) is 1.81. The molecule has 1 amide bonds.